The summed E-state index contributed by atoms with van der Waals surface area (Å²) in [7, 11) is 0. The van der Waals surface area contributed by atoms with Crippen molar-refractivity contribution in [1.29, 1.82) is 0 Å². The molecule has 3 N–H and O–H groups in total. The van der Waals surface area contributed by atoms with Gasteiger partial charge in [-0.3, -0.25) is 4.90 Å². The van der Waals surface area contributed by atoms with Gasteiger partial charge in [0.2, 0.25) is 0 Å². The normalized spacial score (nSPS) is 21.2. The highest BCUT2D eigenvalue weighted by Crippen LogP contribution is 2.36. The van der Waals surface area contributed by atoms with Crippen molar-refractivity contribution >= 4 is 28.1 Å². The summed E-state index contributed by atoms with van der Waals surface area (Å²) in [5.41, 5.74) is 6.87. The van der Waals surface area contributed by atoms with E-state index in [-0.39, 0.29) is 12.1 Å². The van der Waals surface area contributed by atoms with Gasteiger partial charge >= 0.3 is 0 Å². The molecule has 20 heavy (non-hydrogen) atoms. The van der Waals surface area contributed by atoms with E-state index in [1.165, 1.54) is 11.3 Å². The molecular formula is C14H16ClN3OS. The fourth-order valence-corrected chi connectivity index (χ4v) is 3.71. The van der Waals surface area contributed by atoms with Crippen LogP contribution in [-0.4, -0.2) is 34.2 Å². The standard InChI is InChI=1S/C14H16ClN3OS/c15-10-3-1-2-9(6-10)13(12-7-17-14(16)20-12)18-5-4-11(19)8-18/h1-3,6-7,11,13,19H,4-5,8H2,(H2,16,17)/t11-,13?/m1/s1. The van der Waals surface area contributed by atoms with Crippen molar-refractivity contribution in [2.24, 2.45) is 0 Å². The number of nitrogens with zero attached hydrogens (tertiary/aromatic N) is 2. The number of likely N-dealkylation sites (tertiary alicyclic amines) is 1. The summed E-state index contributed by atoms with van der Waals surface area (Å²) in [6.07, 6.45) is 2.35. The highest BCUT2D eigenvalue weighted by molar-refractivity contribution is 7.15. The molecule has 2 heterocycles. The maximum Gasteiger partial charge on any atom is 0.180 e. The number of nitrogens with two attached hydrogens (primary N) is 1. The minimum Gasteiger partial charge on any atom is -0.392 e. The number of aliphatic hydroxyl groups excluding tert-OH is 1. The molecule has 0 aliphatic carbocycles. The molecule has 2 atom stereocenters. The van der Waals surface area contributed by atoms with E-state index < -0.39 is 0 Å². The van der Waals surface area contributed by atoms with Crippen LogP contribution in [0.5, 0.6) is 0 Å². The Kier molecular flexibility index (Phi) is 3.94. The quantitative estimate of drug-likeness (QED) is 0.914. The van der Waals surface area contributed by atoms with Crippen molar-refractivity contribution in [3.8, 4) is 0 Å². The number of aliphatic hydroxyl groups is 1. The molecule has 6 heteroatoms. The molecule has 2 aromatic rings. The Morgan fingerprint density at radius 2 is 2.35 bits per heavy atom. The summed E-state index contributed by atoms with van der Waals surface area (Å²) < 4.78 is 0. The smallest absolute Gasteiger partial charge is 0.180 e. The number of hydrogen-bond donors (Lipinski definition) is 2. The van der Waals surface area contributed by atoms with E-state index in [1.807, 2.05) is 24.4 Å². The molecular weight excluding hydrogens is 294 g/mol. The Balaban J connectivity index is 1.99. The number of halogens is 1. The van der Waals surface area contributed by atoms with Crippen LogP contribution in [-0.2, 0) is 0 Å². The first-order chi connectivity index (χ1) is 9.63. The van der Waals surface area contributed by atoms with Gasteiger partial charge in [0.25, 0.3) is 0 Å². The van der Waals surface area contributed by atoms with Gasteiger partial charge in [0.15, 0.2) is 5.13 Å². The van der Waals surface area contributed by atoms with Gasteiger partial charge in [-0.05, 0) is 24.1 Å². The van der Waals surface area contributed by atoms with E-state index in [0.29, 0.717) is 16.7 Å². The Labute approximate surface area is 126 Å². The molecule has 0 spiro atoms. The van der Waals surface area contributed by atoms with Gasteiger partial charge in [-0.15, -0.1) is 11.3 Å². The number of hydrogen-bond acceptors (Lipinski definition) is 5. The second-order valence-electron chi connectivity index (χ2n) is 5.00. The molecule has 1 saturated heterocycles. The lowest BCUT2D eigenvalue weighted by Gasteiger charge is -2.27. The Morgan fingerprint density at radius 3 is 2.95 bits per heavy atom. The van der Waals surface area contributed by atoms with Crippen LogP contribution in [0.2, 0.25) is 5.02 Å². The molecule has 1 aliphatic rings. The Morgan fingerprint density at radius 1 is 1.50 bits per heavy atom. The van der Waals surface area contributed by atoms with Crippen molar-refractivity contribution < 1.29 is 5.11 Å². The molecule has 106 valence electrons. The van der Waals surface area contributed by atoms with E-state index in [0.717, 1.165) is 23.4 Å². The van der Waals surface area contributed by atoms with Crippen LogP contribution in [0.3, 0.4) is 0 Å². The van der Waals surface area contributed by atoms with Crippen molar-refractivity contribution in [1.82, 2.24) is 9.88 Å². The predicted octanol–water partition coefficient (Wildman–Crippen LogP) is 2.53. The lowest BCUT2D eigenvalue weighted by atomic mass is 10.0. The van der Waals surface area contributed by atoms with Gasteiger partial charge in [0, 0.05) is 29.2 Å². The van der Waals surface area contributed by atoms with Crippen LogP contribution >= 0.6 is 22.9 Å². The molecule has 1 unspecified atom stereocenters. The van der Waals surface area contributed by atoms with Gasteiger partial charge in [0.1, 0.15) is 0 Å². The van der Waals surface area contributed by atoms with Crippen molar-refractivity contribution in [2.75, 3.05) is 18.8 Å². The van der Waals surface area contributed by atoms with E-state index in [1.54, 1.807) is 0 Å². The number of thiazole rings is 1. The van der Waals surface area contributed by atoms with Crippen molar-refractivity contribution in [3.05, 3.63) is 45.9 Å². The summed E-state index contributed by atoms with van der Waals surface area (Å²) in [5, 5.41) is 11.1. The van der Waals surface area contributed by atoms with Crippen molar-refractivity contribution in [3.63, 3.8) is 0 Å². The van der Waals surface area contributed by atoms with Gasteiger partial charge in [-0.1, -0.05) is 23.7 Å². The topological polar surface area (TPSA) is 62.4 Å². The fraction of sp³-hybridized carbons (Fsp3) is 0.357. The zero-order chi connectivity index (χ0) is 14.1. The average molecular weight is 310 g/mol. The number of aromatic nitrogens is 1. The maximum atomic E-state index is 9.80. The number of anilines is 1. The van der Waals surface area contributed by atoms with Gasteiger partial charge in [-0.2, -0.15) is 0 Å². The highest BCUT2D eigenvalue weighted by atomic mass is 35.5. The second kappa shape index (κ2) is 5.69. The van der Waals surface area contributed by atoms with Crippen LogP contribution < -0.4 is 5.73 Å². The molecule has 1 aliphatic heterocycles. The molecule has 4 nitrogen and oxygen atoms in total. The van der Waals surface area contributed by atoms with Crippen LogP contribution in [0.4, 0.5) is 5.13 Å². The highest BCUT2D eigenvalue weighted by Gasteiger charge is 2.30. The SMILES string of the molecule is Nc1ncc(C(c2cccc(Cl)c2)N2CC[C@@H](O)C2)s1. The van der Waals surface area contributed by atoms with Crippen LogP contribution in [0.1, 0.15) is 22.9 Å². The number of β-amino-alcohol motifs (C(OH)–C–C–N with tert-alkyl or cyclic N) is 1. The third-order valence-electron chi connectivity index (χ3n) is 3.54. The first kappa shape index (κ1) is 13.8. The first-order valence-electron chi connectivity index (χ1n) is 6.52. The zero-order valence-electron chi connectivity index (χ0n) is 10.9. The number of benzene rings is 1. The maximum absolute atomic E-state index is 9.80. The summed E-state index contributed by atoms with van der Waals surface area (Å²) in [6, 6.07) is 7.88. The largest absolute Gasteiger partial charge is 0.392 e. The first-order valence-corrected chi connectivity index (χ1v) is 7.71. The second-order valence-corrected chi connectivity index (χ2v) is 6.53. The molecule has 0 saturated carbocycles. The van der Waals surface area contributed by atoms with Crippen LogP contribution in [0.25, 0.3) is 0 Å². The molecule has 1 fully saturated rings. The predicted molar refractivity (Wildman–Crippen MR) is 82.0 cm³/mol. The third-order valence-corrected chi connectivity index (χ3v) is 4.65. The van der Waals surface area contributed by atoms with Gasteiger partial charge < -0.3 is 10.8 Å². The van der Waals surface area contributed by atoms with Crippen LogP contribution in [0, 0.1) is 0 Å². The molecule has 3 rings (SSSR count). The summed E-state index contributed by atoms with van der Waals surface area (Å²) >= 11 is 7.60. The van der Waals surface area contributed by atoms with Crippen LogP contribution in [0.15, 0.2) is 30.5 Å². The zero-order valence-corrected chi connectivity index (χ0v) is 12.4. The monoisotopic (exact) mass is 309 g/mol. The number of rotatable bonds is 3. The van der Waals surface area contributed by atoms with E-state index >= 15 is 0 Å². The van der Waals surface area contributed by atoms with E-state index in [4.69, 9.17) is 17.3 Å². The molecule has 0 radical (unpaired) electrons. The third kappa shape index (κ3) is 2.81. The summed E-state index contributed by atoms with van der Waals surface area (Å²) in [5.74, 6) is 0. The van der Waals surface area contributed by atoms with E-state index in [2.05, 4.69) is 16.0 Å². The minimum absolute atomic E-state index is 0.0562. The Bertz CT molecular complexity index is 604. The summed E-state index contributed by atoms with van der Waals surface area (Å²) in [4.78, 5) is 7.49. The van der Waals surface area contributed by atoms with Crippen molar-refractivity contribution in [2.45, 2.75) is 18.6 Å². The Hall–Kier alpha value is -1.14. The molecule has 0 amide bonds. The number of nitrogen functional groups attached to an aromatic ring is 1. The van der Waals surface area contributed by atoms with Gasteiger partial charge in [-0.25, -0.2) is 4.98 Å². The summed E-state index contributed by atoms with van der Waals surface area (Å²) in [6.45, 7) is 1.52. The molecule has 1 aromatic carbocycles. The average Bonchev–Trinajstić information content (AvgIpc) is 3.00. The van der Waals surface area contributed by atoms with E-state index in [9.17, 15) is 5.11 Å². The molecule has 1 aromatic heterocycles. The fourth-order valence-electron chi connectivity index (χ4n) is 2.66. The minimum atomic E-state index is -0.262. The van der Waals surface area contributed by atoms with Gasteiger partial charge in [0.05, 0.1) is 12.1 Å². The lowest BCUT2D eigenvalue weighted by Crippen LogP contribution is -2.27. The molecule has 0 bridgehead atoms. The lowest BCUT2D eigenvalue weighted by molar-refractivity contribution is 0.167.